The molecule has 0 bridgehead atoms. The Morgan fingerprint density at radius 2 is 1.96 bits per heavy atom. The van der Waals surface area contributed by atoms with Crippen LogP contribution in [0.15, 0.2) is 46.4 Å². The molecular weight excluding hydrogens is 374 g/mol. The number of morpholine rings is 1. The molecule has 7 nitrogen and oxygen atoms in total. The van der Waals surface area contributed by atoms with E-state index in [9.17, 15) is 8.42 Å². The lowest BCUT2D eigenvalue weighted by atomic mass is 10.3. The molecule has 0 aliphatic carbocycles. The molecule has 140 valence electrons. The van der Waals surface area contributed by atoms with E-state index >= 15 is 0 Å². The Balaban J connectivity index is 1.61. The summed E-state index contributed by atoms with van der Waals surface area (Å²) in [6, 6.07) is 10.2. The van der Waals surface area contributed by atoms with E-state index in [0.717, 1.165) is 36.2 Å². The molecule has 0 radical (unpaired) electrons. The first-order chi connectivity index (χ1) is 12.6. The monoisotopic (exact) mass is 395 g/mol. The van der Waals surface area contributed by atoms with E-state index in [0.29, 0.717) is 12.4 Å². The SMILES string of the molecule is CCOc1ccc(S(=O)(=O)N/N=C/c2ccc(N3CCOCC3)s2)cc1. The van der Waals surface area contributed by atoms with Gasteiger partial charge >= 0.3 is 0 Å². The molecule has 1 N–H and O–H groups in total. The highest BCUT2D eigenvalue weighted by Crippen LogP contribution is 2.25. The van der Waals surface area contributed by atoms with Crippen LogP contribution in [0.5, 0.6) is 5.75 Å². The van der Waals surface area contributed by atoms with Gasteiger partial charge < -0.3 is 14.4 Å². The number of anilines is 1. The van der Waals surface area contributed by atoms with E-state index in [1.807, 2.05) is 19.1 Å². The highest BCUT2D eigenvalue weighted by molar-refractivity contribution is 7.89. The predicted molar refractivity (Wildman–Crippen MR) is 103 cm³/mol. The van der Waals surface area contributed by atoms with Crippen molar-refractivity contribution in [2.24, 2.45) is 5.10 Å². The van der Waals surface area contributed by atoms with Gasteiger partial charge in [-0.25, -0.2) is 4.83 Å². The number of thiophene rings is 1. The highest BCUT2D eigenvalue weighted by Gasteiger charge is 2.14. The number of hydrogen-bond acceptors (Lipinski definition) is 7. The normalized spacial score (nSPS) is 15.3. The molecule has 0 spiro atoms. The maximum atomic E-state index is 12.3. The molecule has 0 saturated carbocycles. The Labute approximate surface area is 157 Å². The number of sulfonamides is 1. The van der Waals surface area contributed by atoms with Gasteiger partial charge in [-0.1, -0.05) is 0 Å². The maximum absolute atomic E-state index is 12.3. The first-order valence-electron chi connectivity index (χ1n) is 8.29. The molecule has 3 rings (SSSR count). The zero-order valence-electron chi connectivity index (χ0n) is 14.4. The first-order valence-corrected chi connectivity index (χ1v) is 10.6. The van der Waals surface area contributed by atoms with Crippen LogP contribution in [0, 0.1) is 0 Å². The molecule has 2 heterocycles. The van der Waals surface area contributed by atoms with Crippen molar-refractivity contribution in [3.05, 3.63) is 41.3 Å². The molecule has 1 aliphatic rings. The Kier molecular flexibility index (Phi) is 6.12. The second kappa shape index (κ2) is 8.52. The second-order valence-electron chi connectivity index (χ2n) is 5.53. The summed E-state index contributed by atoms with van der Waals surface area (Å²) in [5, 5.41) is 5.01. The number of benzene rings is 1. The summed E-state index contributed by atoms with van der Waals surface area (Å²) >= 11 is 1.56. The van der Waals surface area contributed by atoms with E-state index in [1.165, 1.54) is 18.3 Å². The summed E-state index contributed by atoms with van der Waals surface area (Å²) < 4.78 is 35.2. The van der Waals surface area contributed by atoms with Crippen LogP contribution in [-0.4, -0.2) is 47.5 Å². The van der Waals surface area contributed by atoms with Gasteiger partial charge in [-0.05, 0) is 43.3 Å². The molecule has 1 aliphatic heterocycles. The Morgan fingerprint density at radius 1 is 1.23 bits per heavy atom. The summed E-state index contributed by atoms with van der Waals surface area (Å²) in [5.74, 6) is 0.629. The van der Waals surface area contributed by atoms with Crippen LogP contribution in [-0.2, 0) is 14.8 Å². The quantitative estimate of drug-likeness (QED) is 0.575. The minimum absolute atomic E-state index is 0.137. The fourth-order valence-corrected chi connectivity index (χ4v) is 4.18. The molecular formula is C17H21N3O4S2. The summed E-state index contributed by atoms with van der Waals surface area (Å²) in [7, 11) is -3.70. The van der Waals surface area contributed by atoms with E-state index in [1.54, 1.807) is 23.5 Å². The third kappa shape index (κ3) is 4.75. The molecule has 0 atom stereocenters. The molecule has 1 fully saturated rings. The van der Waals surface area contributed by atoms with Crippen molar-refractivity contribution in [3.8, 4) is 5.75 Å². The van der Waals surface area contributed by atoms with Crippen LogP contribution >= 0.6 is 11.3 Å². The van der Waals surface area contributed by atoms with Crippen LogP contribution in [0.3, 0.4) is 0 Å². The minimum Gasteiger partial charge on any atom is -0.494 e. The number of nitrogens with zero attached hydrogens (tertiary/aromatic N) is 2. The summed E-state index contributed by atoms with van der Waals surface area (Å²) in [4.78, 5) is 5.50. The average molecular weight is 396 g/mol. The molecule has 0 amide bonds. The van der Waals surface area contributed by atoms with Crippen LogP contribution in [0.25, 0.3) is 0 Å². The minimum atomic E-state index is -3.70. The molecule has 9 heteroatoms. The Morgan fingerprint density at radius 3 is 2.65 bits per heavy atom. The van der Waals surface area contributed by atoms with Crippen LogP contribution < -0.4 is 14.5 Å². The molecule has 1 aromatic heterocycles. The molecule has 26 heavy (non-hydrogen) atoms. The van der Waals surface area contributed by atoms with Gasteiger partial charge in [-0.3, -0.25) is 0 Å². The predicted octanol–water partition coefficient (Wildman–Crippen LogP) is 2.30. The van der Waals surface area contributed by atoms with Gasteiger partial charge in [-0.15, -0.1) is 11.3 Å². The van der Waals surface area contributed by atoms with Crippen molar-refractivity contribution in [1.29, 1.82) is 0 Å². The lowest BCUT2D eigenvalue weighted by Crippen LogP contribution is -2.35. The number of hydrazone groups is 1. The Bertz CT molecular complexity index is 841. The van der Waals surface area contributed by atoms with Crippen molar-refractivity contribution in [2.45, 2.75) is 11.8 Å². The summed E-state index contributed by atoms with van der Waals surface area (Å²) in [6.45, 7) is 5.58. The van der Waals surface area contributed by atoms with E-state index in [-0.39, 0.29) is 4.90 Å². The van der Waals surface area contributed by atoms with Crippen molar-refractivity contribution < 1.29 is 17.9 Å². The van der Waals surface area contributed by atoms with Gasteiger partial charge in [0.25, 0.3) is 10.0 Å². The standard InChI is InChI=1S/C17H21N3O4S2/c1-2-24-14-3-6-16(7-4-14)26(21,22)19-18-13-15-5-8-17(25-15)20-9-11-23-12-10-20/h3-8,13,19H,2,9-12H2,1H3/b18-13+. The van der Waals surface area contributed by atoms with Crippen LogP contribution in [0.1, 0.15) is 11.8 Å². The molecule has 0 unspecified atom stereocenters. The van der Waals surface area contributed by atoms with Gasteiger partial charge in [0.2, 0.25) is 0 Å². The Hall–Kier alpha value is -2.10. The number of nitrogens with one attached hydrogen (secondary N) is 1. The third-order valence-electron chi connectivity index (χ3n) is 3.75. The van der Waals surface area contributed by atoms with Crippen LogP contribution in [0.4, 0.5) is 5.00 Å². The third-order valence-corrected chi connectivity index (χ3v) is 6.06. The van der Waals surface area contributed by atoms with Gasteiger partial charge in [-0.2, -0.15) is 13.5 Å². The smallest absolute Gasteiger partial charge is 0.276 e. The average Bonchev–Trinajstić information content (AvgIpc) is 3.12. The number of ether oxygens (including phenoxy) is 2. The largest absolute Gasteiger partial charge is 0.494 e. The topological polar surface area (TPSA) is 80.2 Å². The maximum Gasteiger partial charge on any atom is 0.276 e. The molecule has 1 saturated heterocycles. The van der Waals surface area contributed by atoms with E-state index in [2.05, 4.69) is 14.8 Å². The van der Waals surface area contributed by atoms with E-state index < -0.39 is 10.0 Å². The van der Waals surface area contributed by atoms with Crippen molar-refractivity contribution >= 4 is 32.6 Å². The zero-order valence-corrected chi connectivity index (χ0v) is 16.1. The van der Waals surface area contributed by atoms with Crippen molar-refractivity contribution in [2.75, 3.05) is 37.8 Å². The summed E-state index contributed by atoms with van der Waals surface area (Å²) in [6.07, 6.45) is 1.51. The number of rotatable bonds is 7. The van der Waals surface area contributed by atoms with Crippen molar-refractivity contribution in [3.63, 3.8) is 0 Å². The van der Waals surface area contributed by atoms with Crippen LogP contribution in [0.2, 0.25) is 0 Å². The zero-order chi connectivity index (χ0) is 18.4. The van der Waals surface area contributed by atoms with Gasteiger partial charge in [0.15, 0.2) is 0 Å². The number of hydrogen-bond donors (Lipinski definition) is 1. The van der Waals surface area contributed by atoms with Gasteiger partial charge in [0.05, 0.1) is 35.9 Å². The van der Waals surface area contributed by atoms with E-state index in [4.69, 9.17) is 9.47 Å². The molecule has 2 aromatic rings. The first kappa shape index (κ1) is 18.7. The fraction of sp³-hybridized carbons (Fsp3) is 0.353. The van der Waals surface area contributed by atoms with Crippen molar-refractivity contribution in [1.82, 2.24) is 4.83 Å². The van der Waals surface area contributed by atoms with Gasteiger partial charge in [0, 0.05) is 18.0 Å². The highest BCUT2D eigenvalue weighted by atomic mass is 32.2. The van der Waals surface area contributed by atoms with Gasteiger partial charge in [0.1, 0.15) is 5.75 Å². The second-order valence-corrected chi connectivity index (χ2v) is 8.29. The fourth-order valence-electron chi connectivity index (χ4n) is 2.46. The molecule has 1 aromatic carbocycles. The lowest BCUT2D eigenvalue weighted by molar-refractivity contribution is 0.123. The lowest BCUT2D eigenvalue weighted by Gasteiger charge is -2.27. The summed E-state index contributed by atoms with van der Waals surface area (Å²) in [5.41, 5.74) is 0.